The molecular weight excluding hydrogens is 216 g/mol. The molecular formula is C12H20N4O. The zero-order chi connectivity index (χ0) is 12.3. The first-order valence-electron chi connectivity index (χ1n) is 6.04. The van der Waals surface area contributed by atoms with Crippen LogP contribution < -0.4 is 10.2 Å². The van der Waals surface area contributed by atoms with Gasteiger partial charge in [0.2, 0.25) is 5.95 Å². The molecule has 0 amide bonds. The third-order valence-electron chi connectivity index (χ3n) is 3.06. The quantitative estimate of drug-likeness (QED) is 0.838. The molecule has 1 unspecified atom stereocenters. The number of ether oxygens (including phenoxy) is 1. The standard InChI is InChI=1S/C12H20N4O/c1-9-8-17-5-4-16(9)12-14-7-11(6-13-3)10(2)15-12/h7,9,13H,4-6,8H2,1-3H3. The molecule has 0 aliphatic carbocycles. The van der Waals surface area contributed by atoms with E-state index in [1.807, 2.05) is 20.2 Å². The summed E-state index contributed by atoms with van der Waals surface area (Å²) in [6.07, 6.45) is 1.91. The van der Waals surface area contributed by atoms with Crippen LogP contribution in [0.1, 0.15) is 18.2 Å². The number of rotatable bonds is 3. The van der Waals surface area contributed by atoms with Crippen LogP contribution in [-0.4, -0.2) is 42.8 Å². The van der Waals surface area contributed by atoms with Crippen LogP contribution in [-0.2, 0) is 11.3 Å². The highest BCUT2D eigenvalue weighted by Crippen LogP contribution is 2.16. The van der Waals surface area contributed by atoms with Crippen LogP contribution in [0, 0.1) is 6.92 Å². The van der Waals surface area contributed by atoms with Gasteiger partial charge in [0.1, 0.15) is 0 Å². The average Bonchev–Trinajstić information content (AvgIpc) is 2.33. The first-order chi connectivity index (χ1) is 8.22. The van der Waals surface area contributed by atoms with Crippen LogP contribution in [0.2, 0.25) is 0 Å². The molecule has 1 aliphatic heterocycles. The maximum Gasteiger partial charge on any atom is 0.225 e. The summed E-state index contributed by atoms with van der Waals surface area (Å²) < 4.78 is 5.42. The average molecular weight is 236 g/mol. The maximum atomic E-state index is 5.42. The molecule has 1 aliphatic rings. The summed E-state index contributed by atoms with van der Waals surface area (Å²) in [5.41, 5.74) is 2.19. The SMILES string of the molecule is CNCc1cnc(N2CCOCC2C)nc1C. The molecule has 5 nitrogen and oxygen atoms in total. The molecule has 1 saturated heterocycles. The lowest BCUT2D eigenvalue weighted by atomic mass is 10.2. The van der Waals surface area contributed by atoms with Crippen molar-refractivity contribution in [3.8, 4) is 0 Å². The Morgan fingerprint density at radius 2 is 2.41 bits per heavy atom. The maximum absolute atomic E-state index is 5.42. The summed E-state index contributed by atoms with van der Waals surface area (Å²) in [5.74, 6) is 0.818. The molecule has 1 atom stereocenters. The van der Waals surface area contributed by atoms with E-state index in [2.05, 4.69) is 27.1 Å². The van der Waals surface area contributed by atoms with Crippen LogP contribution in [0.15, 0.2) is 6.20 Å². The number of aryl methyl sites for hydroxylation is 1. The number of aromatic nitrogens is 2. The molecule has 2 heterocycles. The molecule has 5 heteroatoms. The molecule has 1 aromatic rings. The lowest BCUT2D eigenvalue weighted by molar-refractivity contribution is 0.0980. The molecule has 1 aromatic heterocycles. The minimum atomic E-state index is 0.346. The van der Waals surface area contributed by atoms with Crippen molar-refractivity contribution >= 4 is 5.95 Å². The third-order valence-corrected chi connectivity index (χ3v) is 3.06. The molecule has 0 radical (unpaired) electrons. The molecule has 1 fully saturated rings. The van der Waals surface area contributed by atoms with Gasteiger partial charge in [0.15, 0.2) is 0 Å². The fourth-order valence-corrected chi connectivity index (χ4v) is 2.01. The van der Waals surface area contributed by atoms with E-state index in [4.69, 9.17) is 4.74 Å². The highest BCUT2D eigenvalue weighted by Gasteiger charge is 2.21. The normalized spacial score (nSPS) is 20.6. The Bertz CT molecular complexity index is 383. The lowest BCUT2D eigenvalue weighted by Gasteiger charge is -2.33. The number of hydrogen-bond donors (Lipinski definition) is 1. The van der Waals surface area contributed by atoms with E-state index in [1.54, 1.807) is 0 Å². The van der Waals surface area contributed by atoms with Crippen LogP contribution in [0.3, 0.4) is 0 Å². The second-order valence-electron chi connectivity index (χ2n) is 4.43. The minimum Gasteiger partial charge on any atom is -0.377 e. The predicted octanol–water partition coefficient (Wildman–Crippen LogP) is 0.730. The lowest BCUT2D eigenvalue weighted by Crippen LogP contribution is -2.44. The summed E-state index contributed by atoms with van der Waals surface area (Å²) in [4.78, 5) is 11.2. The van der Waals surface area contributed by atoms with Crippen LogP contribution in [0.4, 0.5) is 5.95 Å². The van der Waals surface area contributed by atoms with Gasteiger partial charge in [-0.3, -0.25) is 0 Å². The molecule has 94 valence electrons. The van der Waals surface area contributed by atoms with Crippen molar-refractivity contribution in [3.63, 3.8) is 0 Å². The van der Waals surface area contributed by atoms with Gasteiger partial charge in [-0.05, 0) is 20.9 Å². The predicted molar refractivity (Wildman–Crippen MR) is 67.2 cm³/mol. The highest BCUT2D eigenvalue weighted by molar-refractivity contribution is 5.34. The zero-order valence-electron chi connectivity index (χ0n) is 10.7. The monoisotopic (exact) mass is 236 g/mol. The number of nitrogens with zero attached hydrogens (tertiary/aromatic N) is 3. The zero-order valence-corrected chi connectivity index (χ0v) is 10.7. The van der Waals surface area contributed by atoms with E-state index in [1.165, 1.54) is 0 Å². The Morgan fingerprint density at radius 1 is 1.59 bits per heavy atom. The van der Waals surface area contributed by atoms with Crippen molar-refractivity contribution in [2.24, 2.45) is 0 Å². The second-order valence-corrected chi connectivity index (χ2v) is 4.43. The van der Waals surface area contributed by atoms with Gasteiger partial charge in [-0.25, -0.2) is 9.97 Å². The van der Waals surface area contributed by atoms with Crippen LogP contribution in [0.5, 0.6) is 0 Å². The van der Waals surface area contributed by atoms with Crippen molar-refractivity contribution in [3.05, 3.63) is 17.5 Å². The molecule has 17 heavy (non-hydrogen) atoms. The highest BCUT2D eigenvalue weighted by atomic mass is 16.5. The second kappa shape index (κ2) is 5.42. The summed E-state index contributed by atoms with van der Waals surface area (Å²) in [6.45, 7) is 7.35. The van der Waals surface area contributed by atoms with Gasteiger partial charge in [0, 0.05) is 30.5 Å². The van der Waals surface area contributed by atoms with Crippen molar-refractivity contribution in [1.82, 2.24) is 15.3 Å². The fraction of sp³-hybridized carbons (Fsp3) is 0.667. The van der Waals surface area contributed by atoms with Gasteiger partial charge in [0.25, 0.3) is 0 Å². The van der Waals surface area contributed by atoms with Crippen molar-refractivity contribution in [2.75, 3.05) is 31.7 Å². The van der Waals surface area contributed by atoms with E-state index < -0.39 is 0 Å². The molecule has 2 rings (SSSR count). The Hall–Kier alpha value is -1.20. The summed E-state index contributed by atoms with van der Waals surface area (Å²) in [5, 5.41) is 3.12. The van der Waals surface area contributed by atoms with E-state index in [0.717, 1.165) is 43.5 Å². The Labute approximate surface area is 102 Å². The fourth-order valence-electron chi connectivity index (χ4n) is 2.01. The Morgan fingerprint density at radius 3 is 3.06 bits per heavy atom. The van der Waals surface area contributed by atoms with E-state index >= 15 is 0 Å². The van der Waals surface area contributed by atoms with E-state index in [-0.39, 0.29) is 0 Å². The van der Waals surface area contributed by atoms with Crippen LogP contribution in [0.25, 0.3) is 0 Å². The number of morpholine rings is 1. The summed E-state index contributed by atoms with van der Waals surface area (Å²) in [6, 6.07) is 0.346. The van der Waals surface area contributed by atoms with Crippen molar-refractivity contribution in [2.45, 2.75) is 26.4 Å². The van der Waals surface area contributed by atoms with Gasteiger partial charge in [-0.15, -0.1) is 0 Å². The molecule has 0 aromatic carbocycles. The first kappa shape index (κ1) is 12.3. The van der Waals surface area contributed by atoms with Crippen molar-refractivity contribution in [1.29, 1.82) is 0 Å². The smallest absolute Gasteiger partial charge is 0.225 e. The number of hydrogen-bond acceptors (Lipinski definition) is 5. The third kappa shape index (κ3) is 2.73. The molecule has 0 bridgehead atoms. The molecule has 0 saturated carbocycles. The van der Waals surface area contributed by atoms with Crippen molar-refractivity contribution < 1.29 is 4.74 Å². The number of anilines is 1. The molecule has 0 spiro atoms. The van der Waals surface area contributed by atoms with Gasteiger partial charge in [-0.2, -0.15) is 0 Å². The van der Waals surface area contributed by atoms with Gasteiger partial charge >= 0.3 is 0 Å². The van der Waals surface area contributed by atoms with Gasteiger partial charge < -0.3 is 15.0 Å². The van der Waals surface area contributed by atoms with E-state index in [9.17, 15) is 0 Å². The largest absolute Gasteiger partial charge is 0.377 e. The minimum absolute atomic E-state index is 0.346. The van der Waals surface area contributed by atoms with Crippen LogP contribution >= 0.6 is 0 Å². The Balaban J connectivity index is 2.18. The summed E-state index contributed by atoms with van der Waals surface area (Å²) in [7, 11) is 1.93. The van der Waals surface area contributed by atoms with Gasteiger partial charge in [0.05, 0.1) is 19.3 Å². The van der Waals surface area contributed by atoms with Gasteiger partial charge in [-0.1, -0.05) is 0 Å². The summed E-state index contributed by atoms with van der Waals surface area (Å²) >= 11 is 0. The number of nitrogens with one attached hydrogen (secondary N) is 1. The first-order valence-corrected chi connectivity index (χ1v) is 6.04. The Kier molecular flexibility index (Phi) is 3.91. The van der Waals surface area contributed by atoms with E-state index in [0.29, 0.717) is 6.04 Å². The molecule has 1 N–H and O–H groups in total. The topological polar surface area (TPSA) is 50.3 Å².